The van der Waals surface area contributed by atoms with Crippen LogP contribution in [-0.4, -0.2) is 49.6 Å². The van der Waals surface area contributed by atoms with E-state index < -0.39 is 17.5 Å². The first kappa shape index (κ1) is 23.5. The third-order valence-corrected chi connectivity index (χ3v) is 5.28. The molecule has 3 rings (SSSR count). The summed E-state index contributed by atoms with van der Waals surface area (Å²) in [5.74, 6) is -0.861. The molecule has 0 radical (unpaired) electrons. The van der Waals surface area contributed by atoms with Crippen molar-refractivity contribution in [3.05, 3.63) is 65.2 Å². The number of halogens is 2. The van der Waals surface area contributed by atoms with E-state index in [2.05, 4.69) is 20.5 Å². The lowest BCUT2D eigenvalue weighted by molar-refractivity contribution is -0.119. The van der Waals surface area contributed by atoms with Gasteiger partial charge in [0.2, 0.25) is 0 Å². The van der Waals surface area contributed by atoms with Crippen LogP contribution in [0.5, 0.6) is 5.75 Å². The number of ether oxygens (including phenoxy) is 1. The highest BCUT2D eigenvalue weighted by Crippen LogP contribution is 2.16. The molecular formula is C23H29F2N5O2. The maximum absolute atomic E-state index is 13.4. The fourth-order valence-electron chi connectivity index (χ4n) is 3.61. The number of nitrogens with two attached hydrogens (primary N) is 1. The Morgan fingerprint density at radius 3 is 2.62 bits per heavy atom. The summed E-state index contributed by atoms with van der Waals surface area (Å²) >= 11 is 0. The zero-order chi connectivity index (χ0) is 22.9. The number of likely N-dealkylation sites (tertiary alicyclic amines) is 1. The minimum atomic E-state index is -0.819. The number of carbonyl (C=O) groups is 1. The van der Waals surface area contributed by atoms with Gasteiger partial charge in [0.25, 0.3) is 5.91 Å². The second-order valence-electron chi connectivity index (χ2n) is 7.77. The number of hydrogen-bond donors (Lipinski definition) is 3. The summed E-state index contributed by atoms with van der Waals surface area (Å²) < 4.78 is 31.9. The fraction of sp³-hybridized carbons (Fsp3) is 0.391. The van der Waals surface area contributed by atoms with Crippen LogP contribution in [0, 0.1) is 11.6 Å². The molecule has 2 aromatic carbocycles. The summed E-state index contributed by atoms with van der Waals surface area (Å²) in [6, 6.07) is 11.8. The predicted octanol–water partition coefficient (Wildman–Crippen LogP) is 2.16. The van der Waals surface area contributed by atoms with Crippen molar-refractivity contribution in [1.82, 2.24) is 15.5 Å². The highest BCUT2D eigenvalue weighted by Gasteiger charge is 2.20. The molecule has 4 N–H and O–H groups in total. The predicted molar refractivity (Wildman–Crippen MR) is 119 cm³/mol. The number of nitrogens with zero attached hydrogens (tertiary/aromatic N) is 2. The van der Waals surface area contributed by atoms with Crippen LogP contribution in [0.25, 0.3) is 0 Å². The quantitative estimate of drug-likeness (QED) is 0.428. The average molecular weight is 446 g/mol. The van der Waals surface area contributed by atoms with Gasteiger partial charge in [-0.2, -0.15) is 0 Å². The van der Waals surface area contributed by atoms with Gasteiger partial charge in [-0.3, -0.25) is 14.7 Å². The number of hydrogen-bond acceptors (Lipinski definition) is 4. The van der Waals surface area contributed by atoms with Crippen molar-refractivity contribution in [2.75, 3.05) is 26.7 Å². The molecule has 172 valence electrons. The number of nitrogens with one attached hydrogen (secondary N) is 2. The Morgan fingerprint density at radius 2 is 1.94 bits per heavy atom. The van der Waals surface area contributed by atoms with Gasteiger partial charge in [-0.05, 0) is 48.2 Å². The van der Waals surface area contributed by atoms with Crippen molar-refractivity contribution in [3.8, 4) is 5.75 Å². The van der Waals surface area contributed by atoms with Crippen LogP contribution in [0.2, 0.25) is 0 Å². The molecule has 0 unspecified atom stereocenters. The van der Waals surface area contributed by atoms with Gasteiger partial charge >= 0.3 is 0 Å². The lowest BCUT2D eigenvalue weighted by Crippen LogP contribution is -2.48. The van der Waals surface area contributed by atoms with Crippen LogP contribution in [0.4, 0.5) is 8.78 Å². The lowest BCUT2D eigenvalue weighted by Gasteiger charge is -2.33. The zero-order valence-corrected chi connectivity index (χ0v) is 18.1. The van der Waals surface area contributed by atoms with Gasteiger partial charge < -0.3 is 21.1 Å². The minimum Gasteiger partial charge on any atom is -0.484 e. The molecule has 0 bridgehead atoms. The van der Waals surface area contributed by atoms with E-state index in [4.69, 9.17) is 10.5 Å². The van der Waals surface area contributed by atoms with Crippen molar-refractivity contribution in [2.45, 2.75) is 32.0 Å². The Balaban J connectivity index is 1.43. The van der Waals surface area contributed by atoms with E-state index in [0.717, 1.165) is 37.1 Å². The van der Waals surface area contributed by atoms with Gasteiger partial charge in [-0.1, -0.05) is 18.2 Å². The minimum absolute atomic E-state index is 0.158. The van der Waals surface area contributed by atoms with Gasteiger partial charge in [-0.15, -0.1) is 0 Å². The maximum Gasteiger partial charge on any atom is 0.255 e. The second-order valence-corrected chi connectivity index (χ2v) is 7.77. The number of primary amides is 1. The maximum atomic E-state index is 13.4. The molecule has 0 aliphatic carbocycles. The molecule has 1 fully saturated rings. The van der Waals surface area contributed by atoms with Crippen molar-refractivity contribution in [3.63, 3.8) is 0 Å². The molecule has 1 aliphatic rings. The monoisotopic (exact) mass is 445 g/mol. The van der Waals surface area contributed by atoms with Gasteiger partial charge in [0.1, 0.15) is 5.75 Å². The second kappa shape index (κ2) is 11.4. The third-order valence-electron chi connectivity index (χ3n) is 5.28. The van der Waals surface area contributed by atoms with Gasteiger partial charge in [0, 0.05) is 39.3 Å². The van der Waals surface area contributed by atoms with Crippen LogP contribution >= 0.6 is 0 Å². The molecule has 1 amide bonds. The summed E-state index contributed by atoms with van der Waals surface area (Å²) in [5, 5.41) is 6.73. The van der Waals surface area contributed by atoms with Crippen molar-refractivity contribution >= 4 is 11.9 Å². The van der Waals surface area contributed by atoms with Crippen LogP contribution < -0.4 is 21.1 Å². The normalized spacial score (nSPS) is 15.4. The molecule has 1 saturated heterocycles. The first-order valence-electron chi connectivity index (χ1n) is 10.6. The number of aliphatic imine (C=N–C) groups is 1. The van der Waals surface area contributed by atoms with E-state index in [0.29, 0.717) is 24.8 Å². The molecule has 9 heteroatoms. The van der Waals surface area contributed by atoms with E-state index in [9.17, 15) is 13.6 Å². The van der Waals surface area contributed by atoms with Crippen molar-refractivity contribution in [2.24, 2.45) is 10.7 Å². The Bertz CT molecular complexity index is 946. The molecule has 32 heavy (non-hydrogen) atoms. The Hall–Kier alpha value is -3.20. The first-order chi connectivity index (χ1) is 15.4. The van der Waals surface area contributed by atoms with Crippen LogP contribution in [0.3, 0.4) is 0 Å². The number of rotatable bonds is 8. The zero-order valence-electron chi connectivity index (χ0n) is 18.1. The third kappa shape index (κ3) is 7.19. The highest BCUT2D eigenvalue weighted by molar-refractivity contribution is 5.80. The van der Waals surface area contributed by atoms with Crippen molar-refractivity contribution in [1.29, 1.82) is 0 Å². The van der Waals surface area contributed by atoms with Gasteiger partial charge in [0.05, 0.1) is 0 Å². The Morgan fingerprint density at radius 1 is 1.16 bits per heavy atom. The summed E-state index contributed by atoms with van der Waals surface area (Å²) in [5.41, 5.74) is 6.87. The highest BCUT2D eigenvalue weighted by atomic mass is 19.2. The Kier molecular flexibility index (Phi) is 8.38. The van der Waals surface area contributed by atoms with E-state index in [-0.39, 0.29) is 12.6 Å². The average Bonchev–Trinajstić information content (AvgIpc) is 2.79. The molecule has 0 atom stereocenters. The van der Waals surface area contributed by atoms with E-state index in [1.54, 1.807) is 19.2 Å². The number of carbonyl (C=O) groups excluding carboxylic acids is 1. The van der Waals surface area contributed by atoms with E-state index in [1.165, 1.54) is 12.1 Å². The lowest BCUT2D eigenvalue weighted by atomic mass is 10.0. The standard InChI is InChI=1S/C23H29F2N5O2/c1-27-23(28-13-16-3-2-4-19(11-16)32-15-22(26)31)29-18-7-9-30(10-8-18)14-17-5-6-20(24)21(25)12-17/h2-6,11-12,18H,7-10,13-15H2,1H3,(H2,26,31)(H2,27,28,29). The topological polar surface area (TPSA) is 92.0 Å². The molecular weight excluding hydrogens is 416 g/mol. The first-order valence-corrected chi connectivity index (χ1v) is 10.6. The van der Waals surface area contributed by atoms with E-state index in [1.807, 2.05) is 18.2 Å². The number of benzene rings is 2. The summed E-state index contributed by atoms with van der Waals surface area (Å²) in [6.07, 6.45) is 1.83. The Labute approximate surface area is 186 Å². The molecule has 0 spiro atoms. The number of amides is 1. The van der Waals surface area contributed by atoms with Crippen LogP contribution in [0.15, 0.2) is 47.5 Å². The molecule has 0 saturated carbocycles. The van der Waals surface area contributed by atoms with Crippen LogP contribution in [0.1, 0.15) is 24.0 Å². The molecule has 7 nitrogen and oxygen atoms in total. The fourth-order valence-corrected chi connectivity index (χ4v) is 3.61. The molecule has 2 aromatic rings. The number of piperidine rings is 1. The summed E-state index contributed by atoms with van der Waals surface area (Å²) in [7, 11) is 1.72. The van der Waals surface area contributed by atoms with Crippen LogP contribution in [-0.2, 0) is 17.9 Å². The SMILES string of the molecule is CN=C(NCc1cccc(OCC(N)=O)c1)NC1CCN(Cc2ccc(F)c(F)c2)CC1. The molecule has 0 aromatic heterocycles. The van der Waals surface area contributed by atoms with Gasteiger partial charge in [-0.25, -0.2) is 8.78 Å². The van der Waals surface area contributed by atoms with E-state index >= 15 is 0 Å². The summed E-state index contributed by atoms with van der Waals surface area (Å²) in [6.45, 7) is 2.70. The van der Waals surface area contributed by atoms with Gasteiger partial charge in [0.15, 0.2) is 24.2 Å². The number of guanidine groups is 1. The summed E-state index contributed by atoms with van der Waals surface area (Å²) in [4.78, 5) is 17.4. The molecule has 1 aliphatic heterocycles. The smallest absolute Gasteiger partial charge is 0.255 e. The largest absolute Gasteiger partial charge is 0.484 e. The molecule has 1 heterocycles. The van der Waals surface area contributed by atoms with Crippen molar-refractivity contribution < 1.29 is 18.3 Å².